The minimum absolute atomic E-state index is 0.177. The Balaban J connectivity index is 1.69. The Morgan fingerprint density at radius 1 is 1.04 bits per heavy atom. The lowest BCUT2D eigenvalue weighted by molar-refractivity contribution is -0.138. The summed E-state index contributed by atoms with van der Waals surface area (Å²) in [5.74, 6) is 2.38. The number of fused-ring (bicyclic) bond motifs is 5. The van der Waals surface area contributed by atoms with Gasteiger partial charge in [0.1, 0.15) is 6.10 Å². The van der Waals surface area contributed by atoms with Crippen molar-refractivity contribution >= 4 is 11.6 Å². The molecule has 3 saturated carbocycles. The molecule has 0 amide bonds. The van der Waals surface area contributed by atoms with E-state index in [9.17, 15) is 9.59 Å². The molecule has 0 spiro atoms. The van der Waals surface area contributed by atoms with E-state index in [2.05, 4.69) is 13.8 Å². The maximum absolute atomic E-state index is 12.8. The number of Topliss-reactive ketones (excluding diaryl/α,β-unsaturated/α-hetero) is 1. The van der Waals surface area contributed by atoms with Gasteiger partial charge in [0.2, 0.25) is 0 Å². The highest BCUT2D eigenvalue weighted by Gasteiger charge is 2.61. The number of hydrogen-bond acceptors (Lipinski definition) is 3. The van der Waals surface area contributed by atoms with Gasteiger partial charge in [0.15, 0.2) is 11.6 Å². The highest BCUT2D eigenvalue weighted by Crippen LogP contribution is 2.64. The van der Waals surface area contributed by atoms with E-state index in [4.69, 9.17) is 4.74 Å². The maximum Gasteiger partial charge on any atom is 0.167 e. The average Bonchev–Trinajstić information content (AvgIpc) is 2.79. The molecule has 3 nitrogen and oxygen atoms in total. The Hall–Kier alpha value is -0.960. The minimum Gasteiger partial charge on any atom is -0.374 e. The van der Waals surface area contributed by atoms with Crippen LogP contribution in [0.1, 0.15) is 58.8 Å². The first-order valence-electron chi connectivity index (χ1n) is 9.21. The number of carbonyl (C=O) groups is 2. The first-order valence-corrected chi connectivity index (χ1v) is 9.21. The van der Waals surface area contributed by atoms with Gasteiger partial charge < -0.3 is 4.74 Å². The van der Waals surface area contributed by atoms with Gasteiger partial charge >= 0.3 is 0 Å². The molecule has 0 heterocycles. The molecular weight excluding hydrogens is 288 g/mol. The lowest BCUT2D eigenvalue weighted by Gasteiger charge is -2.56. The standard InChI is InChI=1S/C20H28O3/c1-19-8-6-13(21)10-12(19)4-5-14-15(19)7-9-20(2)16(14)11-17(23-3)18(20)22/h10,14-17H,4-9,11H2,1-3H3. The normalized spacial score (nSPS) is 49.3. The van der Waals surface area contributed by atoms with Gasteiger partial charge in [-0.05, 0) is 67.8 Å². The molecule has 23 heavy (non-hydrogen) atoms. The molecule has 3 heteroatoms. The predicted octanol–water partition coefficient (Wildman–Crippen LogP) is 3.71. The van der Waals surface area contributed by atoms with Crippen LogP contribution in [0.2, 0.25) is 0 Å². The zero-order chi connectivity index (χ0) is 16.4. The molecule has 4 aliphatic carbocycles. The van der Waals surface area contributed by atoms with Crippen LogP contribution in [0.3, 0.4) is 0 Å². The summed E-state index contributed by atoms with van der Waals surface area (Å²) < 4.78 is 5.50. The smallest absolute Gasteiger partial charge is 0.167 e. The third-order valence-corrected chi connectivity index (χ3v) is 7.96. The van der Waals surface area contributed by atoms with Crippen molar-refractivity contribution in [1.82, 2.24) is 0 Å². The first-order chi connectivity index (χ1) is 10.9. The topological polar surface area (TPSA) is 43.4 Å². The summed E-state index contributed by atoms with van der Waals surface area (Å²) in [6.45, 7) is 4.57. The molecule has 6 unspecified atom stereocenters. The third kappa shape index (κ3) is 1.98. The number of ketones is 2. The van der Waals surface area contributed by atoms with E-state index in [0.717, 1.165) is 38.5 Å². The number of hydrogen-bond donors (Lipinski definition) is 0. The van der Waals surface area contributed by atoms with Crippen LogP contribution >= 0.6 is 0 Å². The van der Waals surface area contributed by atoms with Gasteiger partial charge in [-0.3, -0.25) is 9.59 Å². The van der Waals surface area contributed by atoms with Crippen LogP contribution in [-0.4, -0.2) is 24.8 Å². The molecule has 4 rings (SSSR count). The highest BCUT2D eigenvalue weighted by atomic mass is 16.5. The van der Waals surface area contributed by atoms with Crippen molar-refractivity contribution in [3.8, 4) is 0 Å². The van der Waals surface area contributed by atoms with Gasteiger partial charge in [-0.15, -0.1) is 0 Å². The van der Waals surface area contributed by atoms with Crippen LogP contribution in [0, 0.1) is 28.6 Å². The molecule has 0 saturated heterocycles. The largest absolute Gasteiger partial charge is 0.374 e. The second-order valence-corrected chi connectivity index (χ2v) is 8.75. The Labute approximate surface area is 138 Å². The Kier molecular flexibility index (Phi) is 3.39. The van der Waals surface area contributed by atoms with Gasteiger partial charge in [0, 0.05) is 18.9 Å². The minimum atomic E-state index is -0.193. The van der Waals surface area contributed by atoms with Gasteiger partial charge in [-0.25, -0.2) is 0 Å². The predicted molar refractivity (Wildman–Crippen MR) is 87.9 cm³/mol. The Bertz CT molecular complexity index is 592. The van der Waals surface area contributed by atoms with E-state index < -0.39 is 0 Å². The lowest BCUT2D eigenvalue weighted by Crippen LogP contribution is -2.50. The van der Waals surface area contributed by atoms with Crippen LogP contribution < -0.4 is 0 Å². The van der Waals surface area contributed by atoms with Crippen molar-refractivity contribution in [1.29, 1.82) is 0 Å². The molecule has 0 aromatic rings. The number of rotatable bonds is 1. The van der Waals surface area contributed by atoms with Crippen LogP contribution in [0.4, 0.5) is 0 Å². The highest BCUT2D eigenvalue weighted by molar-refractivity contribution is 5.92. The summed E-state index contributed by atoms with van der Waals surface area (Å²) in [6, 6.07) is 0. The molecule has 3 fully saturated rings. The molecule has 6 atom stereocenters. The van der Waals surface area contributed by atoms with E-state index in [1.54, 1.807) is 7.11 Å². The van der Waals surface area contributed by atoms with Crippen LogP contribution in [0.5, 0.6) is 0 Å². The van der Waals surface area contributed by atoms with E-state index >= 15 is 0 Å². The quantitative estimate of drug-likeness (QED) is 0.740. The number of carbonyl (C=O) groups excluding carboxylic acids is 2. The van der Waals surface area contributed by atoms with E-state index in [1.165, 1.54) is 5.57 Å². The SMILES string of the molecule is COC1CC2C3CCC4=CC(=O)CCC4(C)C3CCC2(C)C1=O. The van der Waals surface area contributed by atoms with Crippen molar-refractivity contribution in [2.75, 3.05) is 7.11 Å². The number of ether oxygens (including phenoxy) is 1. The van der Waals surface area contributed by atoms with Crippen molar-refractivity contribution in [2.24, 2.45) is 28.6 Å². The average molecular weight is 316 g/mol. The summed E-state index contributed by atoms with van der Waals surface area (Å²) in [6.07, 6.45) is 8.67. The van der Waals surface area contributed by atoms with Gasteiger partial charge in [-0.2, -0.15) is 0 Å². The second-order valence-electron chi connectivity index (χ2n) is 8.75. The van der Waals surface area contributed by atoms with Gasteiger partial charge in [0.05, 0.1) is 0 Å². The van der Waals surface area contributed by atoms with Crippen molar-refractivity contribution < 1.29 is 14.3 Å². The molecule has 0 aliphatic heterocycles. The summed E-state index contributed by atoms with van der Waals surface area (Å²) in [5, 5.41) is 0. The summed E-state index contributed by atoms with van der Waals surface area (Å²) >= 11 is 0. The van der Waals surface area contributed by atoms with Gasteiger partial charge in [0.25, 0.3) is 0 Å². The van der Waals surface area contributed by atoms with Crippen LogP contribution in [0.25, 0.3) is 0 Å². The third-order valence-electron chi connectivity index (χ3n) is 7.96. The second kappa shape index (κ2) is 5.02. The van der Waals surface area contributed by atoms with E-state index in [-0.39, 0.29) is 16.9 Å². The fourth-order valence-electron chi connectivity index (χ4n) is 6.53. The van der Waals surface area contributed by atoms with Crippen molar-refractivity contribution in [3.63, 3.8) is 0 Å². The molecular formula is C20H28O3. The fraction of sp³-hybridized carbons (Fsp3) is 0.800. The van der Waals surface area contributed by atoms with E-state index in [1.807, 2.05) is 6.08 Å². The lowest BCUT2D eigenvalue weighted by atomic mass is 9.47. The van der Waals surface area contributed by atoms with E-state index in [0.29, 0.717) is 35.7 Å². The van der Waals surface area contributed by atoms with Crippen LogP contribution in [0.15, 0.2) is 11.6 Å². The maximum atomic E-state index is 12.8. The monoisotopic (exact) mass is 316 g/mol. The molecule has 0 aromatic heterocycles. The zero-order valence-electron chi connectivity index (χ0n) is 14.6. The Morgan fingerprint density at radius 2 is 1.83 bits per heavy atom. The van der Waals surface area contributed by atoms with Crippen LogP contribution in [-0.2, 0) is 14.3 Å². The molecule has 0 N–H and O–H groups in total. The summed E-state index contributed by atoms with van der Waals surface area (Å²) in [5.41, 5.74) is 1.40. The summed E-state index contributed by atoms with van der Waals surface area (Å²) in [7, 11) is 1.68. The fourth-order valence-corrected chi connectivity index (χ4v) is 6.53. The molecule has 0 bridgehead atoms. The van der Waals surface area contributed by atoms with Crippen molar-refractivity contribution in [3.05, 3.63) is 11.6 Å². The number of methoxy groups -OCH3 is 1. The first kappa shape index (κ1) is 15.6. The van der Waals surface area contributed by atoms with Crippen molar-refractivity contribution in [2.45, 2.75) is 64.9 Å². The number of allylic oxidation sites excluding steroid dienone is 1. The van der Waals surface area contributed by atoms with Gasteiger partial charge in [-0.1, -0.05) is 19.4 Å². The zero-order valence-corrected chi connectivity index (χ0v) is 14.6. The molecule has 0 aromatic carbocycles. The molecule has 126 valence electrons. The summed E-state index contributed by atoms with van der Waals surface area (Å²) in [4.78, 5) is 24.6. The molecule has 4 aliphatic rings. The Morgan fingerprint density at radius 3 is 2.57 bits per heavy atom. The molecule has 0 radical (unpaired) electrons.